The van der Waals surface area contributed by atoms with Crippen LogP contribution in [-0.2, 0) is 20.2 Å². The fourth-order valence-corrected chi connectivity index (χ4v) is 4.59. The maximum atomic E-state index is 12.3. The van der Waals surface area contributed by atoms with Crippen LogP contribution in [0.3, 0.4) is 0 Å². The second kappa shape index (κ2) is 16.8. The number of aromatic nitrogens is 2. The Labute approximate surface area is 292 Å². The molecular formula is C36H34N2O11S2. The molecule has 2 heterocycles. The lowest BCUT2D eigenvalue weighted by molar-refractivity contribution is 0.0696. The van der Waals surface area contributed by atoms with Crippen LogP contribution in [0.5, 0.6) is 0 Å². The van der Waals surface area contributed by atoms with E-state index < -0.39 is 26.2 Å². The minimum atomic E-state index is -3.67. The van der Waals surface area contributed by atoms with Crippen molar-refractivity contribution in [1.82, 2.24) is 9.97 Å². The first-order chi connectivity index (χ1) is 23.7. The molecule has 0 saturated carbocycles. The van der Waals surface area contributed by atoms with Crippen molar-refractivity contribution in [3.8, 4) is 22.5 Å². The summed E-state index contributed by atoms with van der Waals surface area (Å²) in [6, 6.07) is 30.2. The zero-order chi connectivity index (χ0) is 38.1. The number of pyridine rings is 2. The van der Waals surface area contributed by atoms with Crippen molar-refractivity contribution in [1.29, 1.82) is 0 Å². The highest BCUT2D eigenvalue weighted by Crippen LogP contribution is 2.21. The zero-order valence-electron chi connectivity index (χ0n) is 27.7. The monoisotopic (exact) mass is 734 g/mol. The Kier molecular flexibility index (Phi) is 13.1. The molecule has 0 saturated heterocycles. The van der Waals surface area contributed by atoms with Crippen molar-refractivity contribution in [2.45, 2.75) is 13.8 Å². The summed E-state index contributed by atoms with van der Waals surface area (Å²) in [5.74, 6) is -1.09. The molecule has 0 bridgehead atoms. The number of aromatic carboxylic acids is 1. The number of H-pyrrole nitrogens is 2. The number of carbonyl (C=O) groups excluding carboxylic acids is 1. The second-order valence-electron chi connectivity index (χ2n) is 11.2. The molecule has 5 N–H and O–H groups in total. The second-order valence-corrected chi connectivity index (χ2v) is 14.1. The van der Waals surface area contributed by atoms with Gasteiger partial charge in [0.05, 0.1) is 18.1 Å². The van der Waals surface area contributed by atoms with Gasteiger partial charge in [-0.15, -0.1) is 0 Å². The molecule has 266 valence electrons. The van der Waals surface area contributed by atoms with Gasteiger partial charge < -0.3 is 15.1 Å². The van der Waals surface area contributed by atoms with E-state index in [1.54, 1.807) is 30.3 Å². The number of ketones is 1. The summed E-state index contributed by atoms with van der Waals surface area (Å²) in [4.78, 5) is 53.2. The number of benzene rings is 4. The molecule has 2 aromatic heterocycles. The van der Waals surface area contributed by atoms with Crippen molar-refractivity contribution in [3.05, 3.63) is 140 Å². The topological polar surface area (TPSA) is 229 Å². The van der Waals surface area contributed by atoms with E-state index in [1.807, 2.05) is 61.5 Å². The molecule has 15 heteroatoms. The molecule has 0 aliphatic carbocycles. The predicted molar refractivity (Wildman–Crippen MR) is 197 cm³/mol. The molecule has 6 rings (SSSR count). The highest BCUT2D eigenvalue weighted by molar-refractivity contribution is 7.85. The molecule has 0 aliphatic rings. The molecule has 0 radical (unpaired) electrons. The highest BCUT2D eigenvalue weighted by atomic mass is 32.2. The first kappa shape index (κ1) is 39.7. The molecule has 4 aromatic carbocycles. The minimum absolute atomic E-state index is 0.0425. The number of rotatable bonds is 4. The van der Waals surface area contributed by atoms with Gasteiger partial charge in [0.1, 0.15) is 0 Å². The summed E-state index contributed by atoms with van der Waals surface area (Å²) in [5, 5.41) is 9.88. The zero-order valence-corrected chi connectivity index (χ0v) is 29.4. The van der Waals surface area contributed by atoms with Gasteiger partial charge in [0.15, 0.2) is 16.6 Å². The molecule has 0 fully saturated rings. The largest absolute Gasteiger partial charge is 0.478 e. The Bertz CT molecular complexity index is 2510. The average molecular weight is 735 g/mol. The van der Waals surface area contributed by atoms with Crippen LogP contribution in [0.4, 0.5) is 0 Å². The van der Waals surface area contributed by atoms with E-state index in [0.29, 0.717) is 40.1 Å². The van der Waals surface area contributed by atoms with Crippen LogP contribution in [0, 0.1) is 6.92 Å². The standard InChI is InChI=1S/C18H15NO2.C16H11NO3.2CH4O3S/c1-11-4-3-5-14(8-11)17-10-18(21)15-9-13(12(2)20)6-7-16(15)19-17;18-15-9-14(10-4-2-1-3-5-10)17-13-7-6-11(16(19)20)8-12(13)15;2*1-5(2,3)4/h3-10H,1-2H3,(H,19,21);1-9H,(H,17,18)(H,19,20);2*1H3,(H,2,3,4). The number of hydrogen-bond acceptors (Lipinski definition) is 8. The van der Waals surface area contributed by atoms with E-state index in [2.05, 4.69) is 9.97 Å². The Balaban J connectivity index is 0.000000219. The van der Waals surface area contributed by atoms with E-state index >= 15 is 0 Å². The summed E-state index contributed by atoms with van der Waals surface area (Å²) < 4.78 is 51.7. The van der Waals surface area contributed by atoms with Crippen molar-refractivity contribution in [2.75, 3.05) is 12.5 Å². The molecule has 0 spiro atoms. The van der Waals surface area contributed by atoms with Crippen LogP contribution in [0.1, 0.15) is 33.2 Å². The lowest BCUT2D eigenvalue weighted by atomic mass is 10.0. The number of hydrogen-bond donors (Lipinski definition) is 5. The first-order valence-corrected chi connectivity index (χ1v) is 18.4. The van der Waals surface area contributed by atoms with E-state index in [1.165, 1.54) is 25.1 Å². The fourth-order valence-electron chi connectivity index (χ4n) is 4.59. The van der Waals surface area contributed by atoms with Gasteiger partial charge in [-0.1, -0.05) is 54.1 Å². The van der Waals surface area contributed by atoms with Crippen LogP contribution in [0.25, 0.3) is 44.3 Å². The highest BCUT2D eigenvalue weighted by Gasteiger charge is 2.09. The Morgan fingerprint density at radius 1 is 0.588 bits per heavy atom. The number of fused-ring (bicyclic) bond motifs is 2. The number of nitrogens with one attached hydrogen (secondary N) is 2. The normalized spacial score (nSPS) is 10.9. The first-order valence-electron chi connectivity index (χ1n) is 14.8. The third kappa shape index (κ3) is 12.9. The summed E-state index contributed by atoms with van der Waals surface area (Å²) in [5.41, 5.74) is 6.28. The number of Topliss-reactive ketones (excluding diaryl/α,β-unsaturated/α-hetero) is 1. The van der Waals surface area contributed by atoms with Gasteiger partial charge in [0, 0.05) is 50.9 Å². The van der Waals surface area contributed by atoms with Crippen molar-refractivity contribution in [2.24, 2.45) is 0 Å². The van der Waals surface area contributed by atoms with Gasteiger partial charge in [-0.05, 0) is 67.4 Å². The van der Waals surface area contributed by atoms with Gasteiger partial charge >= 0.3 is 5.97 Å². The average Bonchev–Trinajstić information content (AvgIpc) is 3.03. The third-order valence-corrected chi connectivity index (χ3v) is 6.73. The maximum Gasteiger partial charge on any atom is 0.335 e. The number of carboxylic acid groups (broad SMARTS) is 1. The van der Waals surface area contributed by atoms with E-state index in [-0.39, 0.29) is 22.2 Å². The van der Waals surface area contributed by atoms with E-state index in [4.69, 9.17) is 14.2 Å². The van der Waals surface area contributed by atoms with Gasteiger partial charge in [-0.2, -0.15) is 16.8 Å². The molecule has 0 amide bonds. The predicted octanol–water partition coefficient (Wildman–Crippen LogP) is 5.61. The SMILES string of the molecule is CC(=O)c1ccc2[nH]c(-c3cccc(C)c3)cc(=O)c2c1.CS(=O)(=O)O.CS(=O)(=O)O.O=C(O)c1ccc2[nH]c(-c3ccccc3)cc(=O)c2c1. The van der Waals surface area contributed by atoms with Crippen LogP contribution >= 0.6 is 0 Å². The minimum Gasteiger partial charge on any atom is -0.478 e. The summed E-state index contributed by atoms with van der Waals surface area (Å²) >= 11 is 0. The van der Waals surface area contributed by atoms with Crippen molar-refractivity contribution >= 4 is 53.8 Å². The maximum absolute atomic E-state index is 12.3. The summed E-state index contributed by atoms with van der Waals surface area (Å²) in [6.45, 7) is 3.51. The van der Waals surface area contributed by atoms with Crippen LogP contribution in [0.2, 0.25) is 0 Å². The molecule has 0 unspecified atom stereocenters. The Morgan fingerprint density at radius 3 is 1.47 bits per heavy atom. The Hall–Kier alpha value is -5.74. The molecular weight excluding hydrogens is 701 g/mol. The van der Waals surface area contributed by atoms with Crippen LogP contribution < -0.4 is 10.9 Å². The lowest BCUT2D eigenvalue weighted by Crippen LogP contribution is -2.05. The van der Waals surface area contributed by atoms with Crippen LogP contribution in [0.15, 0.2) is 113 Å². The quantitative estimate of drug-likeness (QED) is 0.110. The molecule has 51 heavy (non-hydrogen) atoms. The lowest BCUT2D eigenvalue weighted by Gasteiger charge is -2.06. The van der Waals surface area contributed by atoms with Crippen molar-refractivity contribution in [3.63, 3.8) is 0 Å². The third-order valence-electron chi connectivity index (χ3n) is 6.73. The number of carbonyl (C=O) groups is 2. The molecule has 0 atom stereocenters. The summed E-state index contributed by atoms with van der Waals surface area (Å²) in [6.07, 6.45) is 1.43. The number of carboxylic acids is 1. The number of aryl methyl sites for hydroxylation is 1. The molecule has 0 aliphatic heterocycles. The fraction of sp³-hybridized carbons (Fsp3) is 0.111. The number of aromatic amines is 2. The van der Waals surface area contributed by atoms with E-state index in [0.717, 1.165) is 27.9 Å². The smallest absolute Gasteiger partial charge is 0.335 e. The van der Waals surface area contributed by atoms with Gasteiger partial charge in [-0.3, -0.25) is 23.5 Å². The van der Waals surface area contributed by atoms with Gasteiger partial charge in [-0.25, -0.2) is 4.79 Å². The van der Waals surface area contributed by atoms with Crippen molar-refractivity contribution < 1.29 is 40.6 Å². The molecule has 13 nitrogen and oxygen atoms in total. The van der Waals surface area contributed by atoms with Crippen LogP contribution in [-0.4, -0.2) is 65.3 Å². The van der Waals surface area contributed by atoms with Gasteiger partial charge in [0.25, 0.3) is 20.2 Å². The molecule has 6 aromatic rings. The van der Waals surface area contributed by atoms with Gasteiger partial charge in [0.2, 0.25) is 0 Å². The summed E-state index contributed by atoms with van der Waals surface area (Å²) in [7, 11) is -7.33. The van der Waals surface area contributed by atoms with E-state index in [9.17, 15) is 36.0 Å². The Morgan fingerprint density at radius 2 is 1.02 bits per heavy atom.